The molecule has 1 saturated carbocycles. The highest BCUT2D eigenvalue weighted by Gasteiger charge is 2.27. The Kier molecular flexibility index (Phi) is 4.61. The summed E-state index contributed by atoms with van der Waals surface area (Å²) in [5.74, 6) is 0.968. The summed E-state index contributed by atoms with van der Waals surface area (Å²) >= 11 is 6.14. The number of benzene rings is 1. The van der Waals surface area contributed by atoms with Gasteiger partial charge in [0, 0.05) is 49.9 Å². The Bertz CT molecular complexity index is 442. The van der Waals surface area contributed by atoms with Crippen LogP contribution in [0.4, 0.5) is 0 Å². The average Bonchev–Trinajstić information content (AvgIpc) is 3.25. The van der Waals surface area contributed by atoms with E-state index in [0.29, 0.717) is 11.6 Å². The summed E-state index contributed by atoms with van der Waals surface area (Å²) in [6.07, 6.45) is 2.36. The van der Waals surface area contributed by atoms with E-state index in [0.717, 1.165) is 37.7 Å². The largest absolute Gasteiger partial charge is 0.387 e. The van der Waals surface area contributed by atoms with E-state index in [1.807, 2.05) is 24.3 Å². The Hall–Kier alpha value is -0.610. The van der Waals surface area contributed by atoms with Crippen LogP contribution >= 0.6 is 11.6 Å². The molecule has 0 radical (unpaired) electrons. The summed E-state index contributed by atoms with van der Waals surface area (Å²) in [7, 11) is 0. The number of rotatable bonds is 5. The first-order chi connectivity index (χ1) is 9.72. The lowest BCUT2D eigenvalue weighted by atomic mass is 10.1. The molecule has 0 bridgehead atoms. The number of aliphatic hydroxyl groups excluding tert-OH is 1. The van der Waals surface area contributed by atoms with Crippen LogP contribution in [0.3, 0.4) is 0 Å². The Labute approximate surface area is 126 Å². The fourth-order valence-electron chi connectivity index (χ4n) is 2.91. The second-order valence-corrected chi connectivity index (χ2v) is 6.49. The van der Waals surface area contributed by atoms with E-state index in [-0.39, 0.29) is 0 Å². The number of β-amino-alcohol motifs (C(OH)–C–C–N with tert-alkyl or cyclic N) is 1. The maximum absolute atomic E-state index is 10.3. The number of nitrogens with zero attached hydrogens (tertiary/aromatic N) is 2. The second kappa shape index (κ2) is 6.44. The molecule has 20 heavy (non-hydrogen) atoms. The lowest BCUT2D eigenvalue weighted by Crippen LogP contribution is -2.48. The van der Waals surface area contributed by atoms with Crippen molar-refractivity contribution in [1.82, 2.24) is 9.80 Å². The van der Waals surface area contributed by atoms with E-state index >= 15 is 0 Å². The number of aliphatic hydroxyl groups is 1. The van der Waals surface area contributed by atoms with E-state index in [9.17, 15) is 5.11 Å². The average molecular weight is 295 g/mol. The van der Waals surface area contributed by atoms with Gasteiger partial charge in [0.1, 0.15) is 0 Å². The number of hydrogen-bond donors (Lipinski definition) is 1. The molecule has 0 spiro atoms. The smallest absolute Gasteiger partial charge is 0.0931 e. The molecule has 110 valence electrons. The van der Waals surface area contributed by atoms with Crippen LogP contribution in [0.25, 0.3) is 0 Å². The van der Waals surface area contributed by atoms with Crippen LogP contribution in [0.1, 0.15) is 24.5 Å². The first-order valence-electron chi connectivity index (χ1n) is 7.59. The fourth-order valence-corrected chi connectivity index (χ4v) is 3.17. The molecule has 1 atom stereocenters. The van der Waals surface area contributed by atoms with E-state index < -0.39 is 6.10 Å². The minimum absolute atomic E-state index is 0.487. The van der Waals surface area contributed by atoms with Gasteiger partial charge in [0.25, 0.3) is 0 Å². The van der Waals surface area contributed by atoms with E-state index in [2.05, 4.69) is 9.80 Å². The molecule has 1 aromatic rings. The van der Waals surface area contributed by atoms with Crippen LogP contribution in [0.5, 0.6) is 0 Å². The van der Waals surface area contributed by atoms with Crippen molar-refractivity contribution in [2.75, 3.05) is 39.3 Å². The summed E-state index contributed by atoms with van der Waals surface area (Å²) in [6, 6.07) is 7.58. The monoisotopic (exact) mass is 294 g/mol. The van der Waals surface area contributed by atoms with Crippen LogP contribution in [-0.2, 0) is 0 Å². The lowest BCUT2D eigenvalue weighted by molar-refractivity contribution is 0.0711. The second-order valence-electron chi connectivity index (χ2n) is 6.08. The quantitative estimate of drug-likeness (QED) is 0.903. The molecule has 3 rings (SSSR count). The molecule has 2 fully saturated rings. The third kappa shape index (κ3) is 3.73. The van der Waals surface area contributed by atoms with Crippen molar-refractivity contribution in [1.29, 1.82) is 0 Å². The van der Waals surface area contributed by atoms with Gasteiger partial charge in [0.2, 0.25) is 0 Å². The van der Waals surface area contributed by atoms with Crippen molar-refractivity contribution in [2.24, 2.45) is 5.92 Å². The Morgan fingerprint density at radius 2 is 1.75 bits per heavy atom. The zero-order valence-electron chi connectivity index (χ0n) is 11.8. The molecule has 1 aliphatic heterocycles. The van der Waals surface area contributed by atoms with Gasteiger partial charge in [-0.05, 0) is 24.8 Å². The highest BCUT2D eigenvalue weighted by atomic mass is 35.5. The molecule has 3 nitrogen and oxygen atoms in total. The Morgan fingerprint density at radius 1 is 1.10 bits per heavy atom. The highest BCUT2D eigenvalue weighted by Crippen LogP contribution is 2.30. The molecule has 1 aromatic carbocycles. The molecule has 0 amide bonds. The summed E-state index contributed by atoms with van der Waals surface area (Å²) in [4.78, 5) is 4.91. The predicted molar refractivity (Wildman–Crippen MR) is 82.0 cm³/mol. The van der Waals surface area contributed by atoms with E-state index in [1.165, 1.54) is 19.4 Å². The zero-order chi connectivity index (χ0) is 13.9. The van der Waals surface area contributed by atoms with Gasteiger partial charge in [-0.2, -0.15) is 0 Å². The summed E-state index contributed by atoms with van der Waals surface area (Å²) in [5.41, 5.74) is 0.842. The van der Waals surface area contributed by atoms with Gasteiger partial charge in [-0.25, -0.2) is 0 Å². The SMILES string of the molecule is OC(CN1CCN(CC2CC2)CC1)c1ccccc1Cl. The molecule has 1 heterocycles. The van der Waals surface area contributed by atoms with Gasteiger partial charge in [-0.15, -0.1) is 0 Å². The first-order valence-corrected chi connectivity index (χ1v) is 7.97. The maximum Gasteiger partial charge on any atom is 0.0931 e. The van der Waals surface area contributed by atoms with E-state index in [4.69, 9.17) is 11.6 Å². The number of hydrogen-bond acceptors (Lipinski definition) is 3. The van der Waals surface area contributed by atoms with Crippen molar-refractivity contribution in [3.63, 3.8) is 0 Å². The summed E-state index contributed by atoms with van der Waals surface area (Å²) < 4.78 is 0. The standard InChI is InChI=1S/C16H23ClN2O/c17-15-4-2-1-3-14(15)16(20)12-19-9-7-18(8-10-19)11-13-5-6-13/h1-4,13,16,20H,5-12H2. The van der Waals surface area contributed by atoms with Gasteiger partial charge in [0.15, 0.2) is 0 Å². The van der Waals surface area contributed by atoms with Crippen LogP contribution in [0.15, 0.2) is 24.3 Å². The zero-order valence-corrected chi connectivity index (χ0v) is 12.6. The molecular weight excluding hydrogens is 272 g/mol. The Morgan fingerprint density at radius 3 is 2.40 bits per heavy atom. The minimum Gasteiger partial charge on any atom is -0.387 e. The summed E-state index contributed by atoms with van der Waals surface area (Å²) in [6.45, 7) is 6.32. The van der Waals surface area contributed by atoms with Gasteiger partial charge >= 0.3 is 0 Å². The molecule has 2 aliphatic rings. The highest BCUT2D eigenvalue weighted by molar-refractivity contribution is 6.31. The maximum atomic E-state index is 10.3. The van der Waals surface area contributed by atoms with Gasteiger partial charge in [-0.3, -0.25) is 4.90 Å². The number of piperazine rings is 1. The van der Waals surface area contributed by atoms with Crippen LogP contribution < -0.4 is 0 Å². The van der Waals surface area contributed by atoms with Crippen molar-refractivity contribution < 1.29 is 5.11 Å². The normalized spacial score (nSPS) is 22.9. The molecular formula is C16H23ClN2O. The van der Waals surface area contributed by atoms with Gasteiger partial charge in [0.05, 0.1) is 6.10 Å². The van der Waals surface area contributed by atoms with Crippen molar-refractivity contribution in [3.05, 3.63) is 34.9 Å². The van der Waals surface area contributed by atoms with Crippen molar-refractivity contribution in [3.8, 4) is 0 Å². The van der Waals surface area contributed by atoms with Gasteiger partial charge in [-0.1, -0.05) is 29.8 Å². The minimum atomic E-state index is -0.487. The Balaban J connectivity index is 1.47. The summed E-state index contributed by atoms with van der Waals surface area (Å²) in [5, 5.41) is 11.0. The third-order valence-corrected chi connectivity index (χ3v) is 4.72. The van der Waals surface area contributed by atoms with Crippen LogP contribution in [-0.4, -0.2) is 54.2 Å². The molecule has 1 aliphatic carbocycles. The molecule has 1 saturated heterocycles. The van der Waals surface area contributed by atoms with Crippen molar-refractivity contribution >= 4 is 11.6 Å². The fraction of sp³-hybridized carbons (Fsp3) is 0.625. The molecule has 4 heteroatoms. The number of halogens is 1. The predicted octanol–water partition coefficient (Wildman–Crippen LogP) is 2.40. The van der Waals surface area contributed by atoms with E-state index in [1.54, 1.807) is 0 Å². The topological polar surface area (TPSA) is 26.7 Å². The van der Waals surface area contributed by atoms with Crippen LogP contribution in [0.2, 0.25) is 5.02 Å². The molecule has 1 unspecified atom stereocenters. The lowest BCUT2D eigenvalue weighted by Gasteiger charge is -2.35. The molecule has 1 N–H and O–H groups in total. The third-order valence-electron chi connectivity index (χ3n) is 4.37. The van der Waals surface area contributed by atoms with Crippen LogP contribution in [0, 0.1) is 5.92 Å². The first kappa shape index (κ1) is 14.3. The molecule has 0 aromatic heterocycles. The van der Waals surface area contributed by atoms with Crippen molar-refractivity contribution in [2.45, 2.75) is 18.9 Å². The van der Waals surface area contributed by atoms with Gasteiger partial charge < -0.3 is 10.0 Å².